The molecule has 8 nitrogen and oxygen atoms in total. The Balaban J connectivity index is 1.81. The van der Waals surface area contributed by atoms with Gasteiger partial charge in [0.05, 0.1) is 23.0 Å². The number of halogens is 1. The maximum atomic E-state index is 13.2. The maximum absolute atomic E-state index is 13.2. The van der Waals surface area contributed by atoms with Crippen LogP contribution in [0.5, 0.6) is 0 Å². The van der Waals surface area contributed by atoms with Crippen LogP contribution in [0.2, 0.25) is 0 Å². The summed E-state index contributed by atoms with van der Waals surface area (Å²) in [4.78, 5) is 38.5. The first kappa shape index (κ1) is 24.7. The smallest absolute Gasteiger partial charge is 0.322 e. The molecule has 176 valence electrons. The molecule has 0 aromatic carbocycles. The van der Waals surface area contributed by atoms with E-state index in [9.17, 15) is 24.6 Å². The second-order valence-electron chi connectivity index (χ2n) is 10.5. The Hall–Kier alpha value is -0.940. The van der Waals surface area contributed by atoms with E-state index >= 15 is 0 Å². The average molecular weight is 552 g/mol. The van der Waals surface area contributed by atoms with Gasteiger partial charge in [0, 0.05) is 18.3 Å². The number of rotatable bonds is 8. The summed E-state index contributed by atoms with van der Waals surface area (Å²) in [5.41, 5.74) is -2.55. The average Bonchev–Trinajstić information content (AvgIpc) is 3.22. The number of fused-ring (bicyclic) bond motifs is 1. The van der Waals surface area contributed by atoms with E-state index in [0.29, 0.717) is 12.8 Å². The first-order valence-corrected chi connectivity index (χ1v) is 11.9. The van der Waals surface area contributed by atoms with Crippen LogP contribution in [0.15, 0.2) is 0 Å². The SMILES string of the molecule is CCC(C)(I)C(=O)OC1C2CC3C1OC(=O)C3C2C(=O)OC(CC(C)(C)O)C(C)(C)O. The number of aliphatic hydroxyl groups is 2. The van der Waals surface area contributed by atoms with Crippen molar-refractivity contribution in [2.75, 3.05) is 0 Å². The van der Waals surface area contributed by atoms with Crippen molar-refractivity contribution >= 4 is 40.5 Å². The van der Waals surface area contributed by atoms with Crippen molar-refractivity contribution in [3.8, 4) is 0 Å². The Morgan fingerprint density at radius 1 is 1.19 bits per heavy atom. The second kappa shape index (κ2) is 8.13. The van der Waals surface area contributed by atoms with Crippen molar-refractivity contribution in [2.24, 2.45) is 23.7 Å². The predicted molar refractivity (Wildman–Crippen MR) is 118 cm³/mol. The highest BCUT2D eigenvalue weighted by Gasteiger charge is 2.70. The first-order chi connectivity index (χ1) is 14.1. The molecule has 2 saturated carbocycles. The van der Waals surface area contributed by atoms with Crippen molar-refractivity contribution in [3.05, 3.63) is 0 Å². The number of hydrogen-bond donors (Lipinski definition) is 2. The lowest BCUT2D eigenvalue weighted by Crippen LogP contribution is -2.49. The third-order valence-electron chi connectivity index (χ3n) is 6.88. The van der Waals surface area contributed by atoms with Crippen LogP contribution in [0.25, 0.3) is 0 Å². The molecule has 0 radical (unpaired) electrons. The fourth-order valence-electron chi connectivity index (χ4n) is 4.97. The summed E-state index contributed by atoms with van der Waals surface area (Å²) in [6.07, 6.45) is -1.03. The van der Waals surface area contributed by atoms with Crippen molar-refractivity contribution in [1.82, 2.24) is 0 Å². The van der Waals surface area contributed by atoms with E-state index in [1.54, 1.807) is 20.8 Å². The Morgan fingerprint density at radius 2 is 1.81 bits per heavy atom. The lowest BCUT2D eigenvalue weighted by atomic mass is 9.78. The van der Waals surface area contributed by atoms with Crippen molar-refractivity contribution < 1.29 is 38.8 Å². The van der Waals surface area contributed by atoms with Crippen LogP contribution >= 0.6 is 22.6 Å². The first-order valence-electron chi connectivity index (χ1n) is 10.8. The summed E-state index contributed by atoms with van der Waals surface area (Å²) < 4.78 is 16.3. The molecule has 8 atom stereocenters. The van der Waals surface area contributed by atoms with Gasteiger partial charge in [-0.25, -0.2) is 0 Å². The molecule has 0 aromatic heterocycles. The molecule has 3 aliphatic rings. The molecular formula is C22H33IO8. The minimum Gasteiger partial charge on any atom is -0.459 e. The summed E-state index contributed by atoms with van der Waals surface area (Å²) in [6, 6.07) is 0. The molecule has 0 amide bonds. The van der Waals surface area contributed by atoms with Crippen LogP contribution in [-0.2, 0) is 28.6 Å². The summed E-state index contributed by atoms with van der Waals surface area (Å²) in [6.45, 7) is 9.82. The summed E-state index contributed by atoms with van der Waals surface area (Å²) in [5.74, 6) is -3.48. The molecule has 3 fully saturated rings. The third kappa shape index (κ3) is 4.73. The fourth-order valence-corrected chi connectivity index (χ4v) is 5.09. The van der Waals surface area contributed by atoms with Crippen LogP contribution in [-0.4, -0.2) is 61.1 Å². The monoisotopic (exact) mass is 552 g/mol. The van der Waals surface area contributed by atoms with Gasteiger partial charge in [-0.1, -0.05) is 29.5 Å². The van der Waals surface area contributed by atoms with Gasteiger partial charge in [-0.05, 0) is 47.5 Å². The van der Waals surface area contributed by atoms with Gasteiger partial charge in [-0.15, -0.1) is 0 Å². The minimum atomic E-state index is -1.39. The molecule has 3 rings (SSSR count). The summed E-state index contributed by atoms with van der Waals surface area (Å²) in [5, 5.41) is 20.7. The van der Waals surface area contributed by atoms with Gasteiger partial charge in [0.25, 0.3) is 0 Å². The number of esters is 3. The van der Waals surface area contributed by atoms with Crippen LogP contribution in [0.1, 0.15) is 60.8 Å². The molecule has 9 heteroatoms. The van der Waals surface area contributed by atoms with Crippen LogP contribution in [0, 0.1) is 23.7 Å². The Morgan fingerprint density at radius 3 is 2.32 bits per heavy atom. The molecule has 2 bridgehead atoms. The van der Waals surface area contributed by atoms with Gasteiger partial charge < -0.3 is 24.4 Å². The van der Waals surface area contributed by atoms with Crippen LogP contribution in [0.3, 0.4) is 0 Å². The normalized spacial score (nSPS) is 34.8. The zero-order valence-electron chi connectivity index (χ0n) is 18.9. The molecule has 1 saturated heterocycles. The topological polar surface area (TPSA) is 119 Å². The molecule has 0 spiro atoms. The van der Waals surface area contributed by atoms with E-state index < -0.39 is 62.7 Å². The molecule has 0 aromatic rings. The minimum absolute atomic E-state index is 0.0307. The highest BCUT2D eigenvalue weighted by molar-refractivity contribution is 14.1. The van der Waals surface area contributed by atoms with E-state index in [0.717, 1.165) is 0 Å². The van der Waals surface area contributed by atoms with Crippen LogP contribution in [0.4, 0.5) is 0 Å². The van der Waals surface area contributed by atoms with Crippen molar-refractivity contribution in [3.63, 3.8) is 0 Å². The molecule has 31 heavy (non-hydrogen) atoms. The Bertz CT molecular complexity index is 750. The van der Waals surface area contributed by atoms with Gasteiger partial charge in [0.2, 0.25) is 0 Å². The fraction of sp³-hybridized carbons (Fsp3) is 0.864. The molecule has 1 heterocycles. The largest absolute Gasteiger partial charge is 0.459 e. The summed E-state index contributed by atoms with van der Waals surface area (Å²) in [7, 11) is 0. The van der Waals surface area contributed by atoms with Gasteiger partial charge in [0.15, 0.2) is 0 Å². The van der Waals surface area contributed by atoms with Crippen LogP contribution < -0.4 is 0 Å². The molecule has 2 aliphatic carbocycles. The van der Waals surface area contributed by atoms with E-state index in [1.165, 1.54) is 13.8 Å². The highest BCUT2D eigenvalue weighted by Crippen LogP contribution is 2.59. The quantitative estimate of drug-likeness (QED) is 0.204. The third-order valence-corrected chi connectivity index (χ3v) is 8.09. The molecular weight excluding hydrogens is 519 g/mol. The molecule has 2 N–H and O–H groups in total. The molecule has 1 aliphatic heterocycles. The number of carbonyl (C=O) groups is 3. The number of alkyl halides is 1. The van der Waals surface area contributed by atoms with E-state index in [-0.39, 0.29) is 18.3 Å². The van der Waals surface area contributed by atoms with Gasteiger partial charge in [0.1, 0.15) is 21.7 Å². The van der Waals surface area contributed by atoms with E-state index in [1.807, 2.05) is 29.5 Å². The summed E-state index contributed by atoms with van der Waals surface area (Å²) >= 11 is 2.05. The Labute approximate surface area is 196 Å². The van der Waals surface area contributed by atoms with Crippen molar-refractivity contribution in [2.45, 2.75) is 93.7 Å². The van der Waals surface area contributed by atoms with E-state index in [4.69, 9.17) is 14.2 Å². The van der Waals surface area contributed by atoms with Gasteiger partial charge >= 0.3 is 17.9 Å². The van der Waals surface area contributed by atoms with Gasteiger partial charge in [-0.3, -0.25) is 14.4 Å². The number of ether oxygens (including phenoxy) is 3. The zero-order valence-corrected chi connectivity index (χ0v) is 21.0. The van der Waals surface area contributed by atoms with Gasteiger partial charge in [-0.2, -0.15) is 0 Å². The predicted octanol–water partition coefficient (Wildman–Crippen LogP) is 2.15. The van der Waals surface area contributed by atoms with E-state index in [2.05, 4.69) is 0 Å². The zero-order chi connectivity index (χ0) is 23.5. The highest BCUT2D eigenvalue weighted by atomic mass is 127. The van der Waals surface area contributed by atoms with Crippen molar-refractivity contribution in [1.29, 1.82) is 0 Å². The lowest BCUT2D eigenvalue weighted by molar-refractivity contribution is -0.180. The Kier molecular flexibility index (Phi) is 6.47. The standard InChI is InChI=1S/C22H33IO8/c1-7-22(6,23)19(26)31-16-11-8-10-14(18(25)30-15(10)16)13(11)17(24)29-12(21(4,5)28)9-20(2,3)27/h10-16,27-28H,7-9H2,1-6H3. The molecule has 8 unspecified atom stereocenters. The number of hydrogen-bond acceptors (Lipinski definition) is 8. The maximum Gasteiger partial charge on any atom is 0.322 e. The number of carbonyl (C=O) groups excluding carboxylic acids is 3. The second-order valence-corrected chi connectivity index (χ2v) is 12.9. The lowest BCUT2D eigenvalue weighted by Gasteiger charge is -2.36.